The molecule has 3 rings (SSSR count). The van der Waals surface area contributed by atoms with Gasteiger partial charge in [0.05, 0.1) is 11.1 Å². The van der Waals surface area contributed by atoms with E-state index in [0.717, 1.165) is 12.8 Å². The molecule has 23 heavy (non-hydrogen) atoms. The van der Waals surface area contributed by atoms with E-state index < -0.39 is 4.92 Å². The van der Waals surface area contributed by atoms with Crippen molar-refractivity contribution in [3.63, 3.8) is 0 Å². The molecule has 1 N–H and O–H groups in total. The Hall–Kier alpha value is -1.95. The standard InChI is InChI=1S/C16H18ClN3O3/c1-16-7-3-2-4-12(16)14(16)15(21)19-18-9-10-8-11(20(22)23)5-6-13(10)17/h5-6,8-9,12,14H,2-4,7H2,1H3,(H,19,21)/b18-9-/t12-,14-,16+/m1/s1. The number of non-ortho nitro benzene ring substituents is 1. The van der Waals surface area contributed by atoms with Gasteiger partial charge in [-0.1, -0.05) is 31.4 Å². The molecule has 0 saturated heterocycles. The summed E-state index contributed by atoms with van der Waals surface area (Å²) in [6.45, 7) is 2.17. The maximum atomic E-state index is 12.3. The van der Waals surface area contributed by atoms with E-state index >= 15 is 0 Å². The molecule has 0 aliphatic heterocycles. The molecule has 7 heteroatoms. The highest BCUT2D eigenvalue weighted by molar-refractivity contribution is 6.33. The van der Waals surface area contributed by atoms with Crippen molar-refractivity contribution in [2.75, 3.05) is 0 Å². The topological polar surface area (TPSA) is 84.6 Å². The first-order chi connectivity index (χ1) is 10.9. The van der Waals surface area contributed by atoms with E-state index in [0.29, 0.717) is 16.5 Å². The summed E-state index contributed by atoms with van der Waals surface area (Å²) in [6.07, 6.45) is 5.92. The molecule has 1 aromatic rings. The second-order valence-electron chi connectivity index (χ2n) is 6.53. The maximum Gasteiger partial charge on any atom is 0.270 e. The quantitative estimate of drug-likeness (QED) is 0.519. The Morgan fingerprint density at radius 2 is 2.30 bits per heavy atom. The van der Waals surface area contributed by atoms with E-state index in [2.05, 4.69) is 17.5 Å². The van der Waals surface area contributed by atoms with Gasteiger partial charge in [-0.3, -0.25) is 14.9 Å². The van der Waals surface area contributed by atoms with Crippen LogP contribution in [0, 0.1) is 27.4 Å². The average Bonchev–Trinajstić information content (AvgIpc) is 3.14. The monoisotopic (exact) mass is 335 g/mol. The lowest BCUT2D eigenvalue weighted by atomic mass is 9.90. The van der Waals surface area contributed by atoms with Gasteiger partial charge in [0.25, 0.3) is 5.69 Å². The van der Waals surface area contributed by atoms with Gasteiger partial charge in [0.1, 0.15) is 0 Å². The second kappa shape index (κ2) is 5.92. The Morgan fingerprint density at radius 3 is 2.96 bits per heavy atom. The first-order valence-corrected chi connectivity index (χ1v) is 8.08. The van der Waals surface area contributed by atoms with Crippen molar-refractivity contribution < 1.29 is 9.72 Å². The minimum absolute atomic E-state index is 0.0303. The van der Waals surface area contributed by atoms with Crippen molar-refractivity contribution in [2.45, 2.75) is 32.6 Å². The molecule has 0 aromatic heterocycles. The van der Waals surface area contributed by atoms with E-state index in [4.69, 9.17) is 11.6 Å². The second-order valence-corrected chi connectivity index (χ2v) is 6.94. The van der Waals surface area contributed by atoms with Crippen LogP contribution >= 0.6 is 11.6 Å². The lowest BCUT2D eigenvalue weighted by molar-refractivity contribution is -0.384. The SMILES string of the molecule is C[C@]12CCCC[C@@H]1[C@@H]2C(=O)N/N=C\c1cc([N+](=O)[O-])ccc1Cl. The van der Waals surface area contributed by atoms with E-state index in [-0.39, 0.29) is 22.9 Å². The number of benzene rings is 1. The predicted octanol–water partition coefficient (Wildman–Crippen LogP) is 3.52. The fraction of sp³-hybridized carbons (Fsp3) is 0.500. The fourth-order valence-electron chi connectivity index (χ4n) is 3.83. The van der Waals surface area contributed by atoms with Crippen LogP contribution in [0.2, 0.25) is 5.02 Å². The minimum atomic E-state index is -0.498. The normalized spacial score (nSPS) is 29.1. The first-order valence-electron chi connectivity index (χ1n) is 7.70. The lowest BCUT2D eigenvalue weighted by Gasteiger charge is -2.15. The molecule has 1 aromatic carbocycles. The van der Waals surface area contributed by atoms with Crippen LogP contribution in [0.3, 0.4) is 0 Å². The third-order valence-electron chi connectivity index (χ3n) is 5.18. The highest BCUT2D eigenvalue weighted by Crippen LogP contribution is 2.66. The number of fused-ring (bicyclic) bond motifs is 1. The van der Waals surface area contributed by atoms with Crippen LogP contribution in [0.1, 0.15) is 38.2 Å². The van der Waals surface area contributed by atoms with Gasteiger partial charge < -0.3 is 0 Å². The molecular weight excluding hydrogens is 318 g/mol. The number of carbonyl (C=O) groups is 1. The number of rotatable bonds is 4. The molecule has 6 nitrogen and oxygen atoms in total. The van der Waals surface area contributed by atoms with Gasteiger partial charge in [0.15, 0.2) is 0 Å². The van der Waals surface area contributed by atoms with Gasteiger partial charge in [-0.25, -0.2) is 5.43 Å². The third kappa shape index (κ3) is 2.95. The molecule has 0 unspecified atom stereocenters. The zero-order valence-electron chi connectivity index (χ0n) is 12.8. The van der Waals surface area contributed by atoms with Crippen molar-refractivity contribution >= 4 is 29.4 Å². The zero-order chi connectivity index (χ0) is 16.6. The lowest BCUT2D eigenvalue weighted by Crippen LogP contribution is -2.22. The van der Waals surface area contributed by atoms with E-state index in [1.165, 1.54) is 37.3 Å². The van der Waals surface area contributed by atoms with Crippen LogP contribution in [-0.4, -0.2) is 17.0 Å². The van der Waals surface area contributed by atoms with Crippen LogP contribution in [-0.2, 0) is 4.79 Å². The fourth-order valence-corrected chi connectivity index (χ4v) is 4.00. The Labute approximate surface area is 139 Å². The van der Waals surface area contributed by atoms with Gasteiger partial charge in [-0.2, -0.15) is 5.10 Å². The number of amides is 1. The molecule has 0 spiro atoms. The summed E-state index contributed by atoms with van der Waals surface area (Å²) >= 11 is 5.99. The molecule has 0 bridgehead atoms. The molecule has 0 radical (unpaired) electrons. The summed E-state index contributed by atoms with van der Waals surface area (Å²) in [5, 5.41) is 15.0. The average molecular weight is 336 g/mol. The number of nitro groups is 1. The predicted molar refractivity (Wildman–Crippen MR) is 87.4 cm³/mol. The molecule has 2 fully saturated rings. The van der Waals surface area contributed by atoms with Crippen molar-refractivity contribution in [1.29, 1.82) is 0 Å². The van der Waals surface area contributed by atoms with Crippen LogP contribution in [0.15, 0.2) is 23.3 Å². The summed E-state index contributed by atoms with van der Waals surface area (Å²) in [4.78, 5) is 22.5. The molecule has 0 heterocycles. The van der Waals surface area contributed by atoms with Gasteiger partial charge >= 0.3 is 0 Å². The number of nitrogens with zero attached hydrogens (tertiary/aromatic N) is 2. The number of hydrazone groups is 1. The summed E-state index contributed by atoms with van der Waals surface area (Å²) in [5.41, 5.74) is 3.02. The van der Waals surface area contributed by atoms with Gasteiger partial charge in [-0.15, -0.1) is 0 Å². The van der Waals surface area contributed by atoms with E-state index in [9.17, 15) is 14.9 Å². The Bertz CT molecular complexity index is 691. The molecule has 2 aliphatic rings. The Morgan fingerprint density at radius 1 is 1.52 bits per heavy atom. The highest BCUT2D eigenvalue weighted by atomic mass is 35.5. The summed E-state index contributed by atoms with van der Waals surface area (Å²) in [6, 6.07) is 4.10. The minimum Gasteiger partial charge on any atom is -0.273 e. The smallest absolute Gasteiger partial charge is 0.270 e. The third-order valence-corrected chi connectivity index (χ3v) is 5.53. The Kier molecular flexibility index (Phi) is 4.10. The maximum absolute atomic E-state index is 12.3. The number of carbonyl (C=O) groups excluding carboxylic acids is 1. The summed E-state index contributed by atoms with van der Waals surface area (Å²) in [5.74, 6) is 0.424. The number of halogens is 1. The van der Waals surface area contributed by atoms with Crippen LogP contribution in [0.4, 0.5) is 5.69 Å². The van der Waals surface area contributed by atoms with Crippen molar-refractivity contribution in [2.24, 2.45) is 22.4 Å². The molecule has 122 valence electrons. The van der Waals surface area contributed by atoms with E-state index in [1.807, 2.05) is 0 Å². The van der Waals surface area contributed by atoms with Crippen LogP contribution < -0.4 is 5.43 Å². The molecule has 3 atom stereocenters. The van der Waals surface area contributed by atoms with Crippen LogP contribution in [0.5, 0.6) is 0 Å². The highest BCUT2D eigenvalue weighted by Gasteiger charge is 2.64. The van der Waals surface area contributed by atoms with E-state index in [1.54, 1.807) is 0 Å². The number of nitrogens with one attached hydrogen (secondary N) is 1. The van der Waals surface area contributed by atoms with Crippen LogP contribution in [0.25, 0.3) is 0 Å². The summed E-state index contributed by atoms with van der Waals surface area (Å²) < 4.78 is 0. The summed E-state index contributed by atoms with van der Waals surface area (Å²) in [7, 11) is 0. The van der Waals surface area contributed by atoms with Crippen molar-refractivity contribution in [3.8, 4) is 0 Å². The Balaban J connectivity index is 1.64. The molecule has 2 saturated carbocycles. The molecule has 2 aliphatic carbocycles. The number of hydrogen-bond acceptors (Lipinski definition) is 4. The van der Waals surface area contributed by atoms with Gasteiger partial charge in [-0.05, 0) is 30.2 Å². The number of nitro benzene ring substituents is 1. The zero-order valence-corrected chi connectivity index (χ0v) is 13.5. The molecular formula is C16H18ClN3O3. The van der Waals surface area contributed by atoms with Crippen molar-refractivity contribution in [3.05, 3.63) is 38.9 Å². The van der Waals surface area contributed by atoms with Gasteiger partial charge in [0, 0.05) is 28.6 Å². The van der Waals surface area contributed by atoms with Gasteiger partial charge in [0.2, 0.25) is 5.91 Å². The first kappa shape index (κ1) is 15.9. The number of hydrogen-bond donors (Lipinski definition) is 1. The molecule has 1 amide bonds. The van der Waals surface area contributed by atoms with Crippen molar-refractivity contribution in [1.82, 2.24) is 5.43 Å². The largest absolute Gasteiger partial charge is 0.273 e.